The zero-order valence-electron chi connectivity index (χ0n) is 37.8. The molecule has 6 rings (SSSR count). The molecule has 66 heavy (non-hydrogen) atoms. The van der Waals surface area contributed by atoms with Gasteiger partial charge in [-0.2, -0.15) is 0 Å². The van der Waals surface area contributed by atoms with Gasteiger partial charge in [0.1, 0.15) is 66.4 Å². The molecule has 17 heteroatoms. The van der Waals surface area contributed by atoms with Gasteiger partial charge in [0.15, 0.2) is 5.78 Å². The fourth-order valence-corrected chi connectivity index (χ4v) is 7.54. The summed E-state index contributed by atoms with van der Waals surface area (Å²) in [5.41, 5.74) is 4.32. The molecule has 0 bridgehead atoms. The molecule has 3 saturated heterocycles. The van der Waals surface area contributed by atoms with Gasteiger partial charge in [0, 0.05) is 19.3 Å². The summed E-state index contributed by atoms with van der Waals surface area (Å²) in [4.78, 5) is 11.9. The number of carbonyl (C=O) groups is 1. The lowest BCUT2D eigenvalue weighted by Crippen LogP contribution is -2.53. The molecular formula is C49H70O17. The fraction of sp³-hybridized carbons (Fsp3) is 0.571. The molecule has 0 unspecified atom stereocenters. The first-order valence-corrected chi connectivity index (χ1v) is 22.4. The predicted octanol–water partition coefficient (Wildman–Crippen LogP) is 0.424. The van der Waals surface area contributed by atoms with Crippen molar-refractivity contribution in [2.24, 2.45) is 0 Å². The van der Waals surface area contributed by atoms with Gasteiger partial charge in [-0.25, -0.2) is 0 Å². The van der Waals surface area contributed by atoms with Crippen LogP contribution >= 0.6 is 0 Å². The number of aliphatic hydroxyl groups excluding tert-OH is 11. The highest BCUT2D eigenvalue weighted by atomic mass is 16.5. The summed E-state index contributed by atoms with van der Waals surface area (Å²) in [5.74, 6) is 1.37. The summed E-state index contributed by atoms with van der Waals surface area (Å²) in [6.07, 6.45) is -7.09. The van der Waals surface area contributed by atoms with Crippen molar-refractivity contribution in [3.63, 3.8) is 0 Å². The number of allylic oxidation sites excluding steroid dienone is 1. The Kier molecular flexibility index (Phi) is 23.1. The second-order valence-electron chi connectivity index (χ2n) is 16.9. The zero-order chi connectivity index (χ0) is 48.3. The molecule has 3 heterocycles. The second kappa shape index (κ2) is 27.8. The van der Waals surface area contributed by atoms with Crippen LogP contribution in [0, 0.1) is 0 Å². The minimum Gasteiger partial charge on any atom is -0.497 e. The van der Waals surface area contributed by atoms with Crippen LogP contribution < -0.4 is 9.47 Å². The van der Waals surface area contributed by atoms with Crippen LogP contribution in [0.5, 0.6) is 11.5 Å². The SMILES string of the molecule is CCc1ccc(/C=C/C(=O)C[C@@H]2OC[C@@H](O)[C@H](O)[C@H]2O)cc1.COc1ccc(CC[C@@H](O)C[C@@H]2OC[C@@H](O)[C@H](O)[C@H]2O)cc1.COc1ccc(CC[C@H](O)C[C@@H]2OC[C@@H](O)[C@H](O)[C@H]2O)cc1. The van der Waals surface area contributed by atoms with Gasteiger partial charge < -0.3 is 79.9 Å². The van der Waals surface area contributed by atoms with Crippen LogP contribution in [0.3, 0.4) is 0 Å². The third-order valence-electron chi connectivity index (χ3n) is 11.9. The number of ether oxygens (including phenoxy) is 5. The molecule has 368 valence electrons. The van der Waals surface area contributed by atoms with E-state index in [4.69, 9.17) is 23.7 Å². The number of hydrogen-bond donors (Lipinski definition) is 11. The van der Waals surface area contributed by atoms with Gasteiger partial charge in [-0.3, -0.25) is 4.79 Å². The van der Waals surface area contributed by atoms with Crippen molar-refractivity contribution < 1.29 is 84.7 Å². The third-order valence-corrected chi connectivity index (χ3v) is 11.9. The van der Waals surface area contributed by atoms with E-state index in [2.05, 4.69) is 6.92 Å². The number of carbonyl (C=O) groups excluding carboxylic acids is 1. The molecule has 0 saturated carbocycles. The van der Waals surface area contributed by atoms with E-state index in [9.17, 15) is 61.0 Å². The van der Waals surface area contributed by atoms with Crippen molar-refractivity contribution >= 4 is 11.9 Å². The van der Waals surface area contributed by atoms with Gasteiger partial charge in [-0.15, -0.1) is 0 Å². The van der Waals surface area contributed by atoms with Gasteiger partial charge in [-0.1, -0.05) is 61.5 Å². The Morgan fingerprint density at radius 1 is 0.561 bits per heavy atom. The number of rotatable bonds is 17. The molecule has 17 nitrogen and oxygen atoms in total. The maximum atomic E-state index is 11.9. The van der Waals surface area contributed by atoms with Gasteiger partial charge in [0.05, 0.1) is 64.6 Å². The number of hydrogen-bond acceptors (Lipinski definition) is 17. The first-order chi connectivity index (χ1) is 31.5. The first-order valence-electron chi connectivity index (χ1n) is 22.4. The van der Waals surface area contributed by atoms with Crippen molar-refractivity contribution in [1.29, 1.82) is 0 Å². The molecule has 0 aliphatic carbocycles. The fourth-order valence-electron chi connectivity index (χ4n) is 7.54. The van der Waals surface area contributed by atoms with Gasteiger partial charge in [0.25, 0.3) is 0 Å². The lowest BCUT2D eigenvalue weighted by atomic mass is 9.94. The average molecular weight is 931 g/mol. The number of benzene rings is 3. The Labute approximate surface area is 386 Å². The Morgan fingerprint density at radius 3 is 1.30 bits per heavy atom. The molecular weight excluding hydrogens is 861 g/mol. The molecule has 14 atom stereocenters. The highest BCUT2D eigenvalue weighted by molar-refractivity contribution is 5.93. The zero-order valence-corrected chi connectivity index (χ0v) is 37.8. The number of aliphatic hydroxyl groups is 11. The smallest absolute Gasteiger partial charge is 0.158 e. The maximum Gasteiger partial charge on any atom is 0.158 e. The van der Waals surface area contributed by atoms with Crippen molar-refractivity contribution in [3.8, 4) is 11.5 Å². The number of ketones is 1. The van der Waals surface area contributed by atoms with Crippen LogP contribution in [0.15, 0.2) is 78.9 Å². The van der Waals surface area contributed by atoms with Gasteiger partial charge >= 0.3 is 0 Å². The summed E-state index contributed by atoms with van der Waals surface area (Å²) >= 11 is 0. The summed E-state index contributed by atoms with van der Waals surface area (Å²) in [5, 5.41) is 107. The lowest BCUT2D eigenvalue weighted by Gasteiger charge is -2.36. The number of methoxy groups -OCH3 is 2. The van der Waals surface area contributed by atoms with E-state index < -0.39 is 85.5 Å². The highest BCUT2D eigenvalue weighted by Crippen LogP contribution is 2.24. The Hall–Kier alpha value is -3.89. The molecule has 3 aromatic carbocycles. The number of aryl methyl sites for hydroxylation is 3. The first kappa shape index (κ1) is 54.7. The normalized spacial score (nSPS) is 29.7. The van der Waals surface area contributed by atoms with E-state index in [1.165, 1.54) is 11.6 Å². The standard InChI is InChI=1S/C17H22O5.2C16H24O6/c1-2-11-3-5-12(6-4-11)7-8-13(18)9-15-17(21)16(20)14(19)10-22-15;2*1-21-12-6-3-10(4-7-12)2-5-11(17)8-14-16(20)15(19)13(18)9-22-14/h3-8,14-17,19-21H,2,9-10H2,1H3;2*3-4,6-7,11,13-20H,2,5,8-9H2,1H3/b8-7+;;/t14-,15+,16+,17+;11-,13+,14-,15-,16-;11-,13-,14+,15+,16+/m101/s1. The maximum absolute atomic E-state index is 11.9. The van der Waals surface area contributed by atoms with Crippen molar-refractivity contribution in [3.05, 3.63) is 101 Å². The average Bonchev–Trinajstić information content (AvgIpc) is 3.33. The predicted molar refractivity (Wildman–Crippen MR) is 242 cm³/mol. The molecule has 3 aliphatic rings. The minimum absolute atomic E-state index is 0.0332. The van der Waals surface area contributed by atoms with E-state index in [1.807, 2.05) is 72.8 Å². The van der Waals surface area contributed by atoms with E-state index in [1.54, 1.807) is 20.3 Å². The van der Waals surface area contributed by atoms with Gasteiger partial charge in [0.2, 0.25) is 0 Å². The van der Waals surface area contributed by atoms with Crippen LogP contribution in [0.4, 0.5) is 0 Å². The van der Waals surface area contributed by atoms with Crippen molar-refractivity contribution in [2.45, 2.75) is 144 Å². The molecule has 3 fully saturated rings. The molecule has 3 aliphatic heterocycles. The van der Waals surface area contributed by atoms with Crippen LogP contribution in [0.2, 0.25) is 0 Å². The Bertz CT molecular complexity index is 1760. The van der Waals surface area contributed by atoms with Crippen LogP contribution in [-0.2, 0) is 38.3 Å². The van der Waals surface area contributed by atoms with E-state index in [-0.39, 0.29) is 44.9 Å². The summed E-state index contributed by atoms with van der Waals surface area (Å²) in [7, 11) is 3.22. The van der Waals surface area contributed by atoms with E-state index >= 15 is 0 Å². The molecule has 0 radical (unpaired) electrons. The Morgan fingerprint density at radius 2 is 0.924 bits per heavy atom. The second-order valence-corrected chi connectivity index (χ2v) is 16.9. The van der Waals surface area contributed by atoms with E-state index in [0.29, 0.717) is 25.7 Å². The van der Waals surface area contributed by atoms with Crippen LogP contribution in [-0.4, -0.2) is 181 Å². The molecule has 0 spiro atoms. The van der Waals surface area contributed by atoms with Gasteiger partial charge in [-0.05, 0) is 84.7 Å². The van der Waals surface area contributed by atoms with E-state index in [0.717, 1.165) is 34.6 Å². The largest absolute Gasteiger partial charge is 0.497 e. The Balaban J connectivity index is 0.000000216. The minimum atomic E-state index is -1.28. The van der Waals surface area contributed by atoms with Crippen molar-refractivity contribution in [1.82, 2.24) is 0 Å². The molecule has 11 N–H and O–H groups in total. The molecule has 0 aromatic heterocycles. The van der Waals surface area contributed by atoms with Crippen LogP contribution in [0.25, 0.3) is 6.08 Å². The van der Waals surface area contributed by atoms with Crippen molar-refractivity contribution in [2.75, 3.05) is 34.0 Å². The summed E-state index contributed by atoms with van der Waals surface area (Å²) in [6.45, 7) is 1.93. The molecule has 3 aromatic rings. The highest BCUT2D eigenvalue weighted by Gasteiger charge is 2.40. The third kappa shape index (κ3) is 17.3. The monoisotopic (exact) mass is 930 g/mol. The quantitative estimate of drug-likeness (QED) is 0.0819. The van der Waals surface area contributed by atoms with Crippen LogP contribution in [0.1, 0.15) is 61.3 Å². The summed E-state index contributed by atoms with van der Waals surface area (Å²) in [6, 6.07) is 23.1. The topological polar surface area (TPSA) is 286 Å². The summed E-state index contributed by atoms with van der Waals surface area (Å²) < 4.78 is 26.0. The lowest BCUT2D eigenvalue weighted by molar-refractivity contribution is -0.193. The molecule has 0 amide bonds.